The Bertz CT molecular complexity index is 601. The summed E-state index contributed by atoms with van der Waals surface area (Å²) in [5.74, 6) is 0.0759. The van der Waals surface area contributed by atoms with Crippen LogP contribution in [0.15, 0.2) is 16.9 Å². The van der Waals surface area contributed by atoms with Crippen molar-refractivity contribution in [2.75, 3.05) is 11.5 Å². The third kappa shape index (κ3) is 1.60. The number of nitrogens with one attached hydrogen (secondary N) is 1. The van der Waals surface area contributed by atoms with Crippen LogP contribution < -0.4 is 17.0 Å². The fourth-order valence-corrected chi connectivity index (χ4v) is 1.57. The highest BCUT2D eigenvalue weighted by molar-refractivity contribution is 5.85. The predicted molar refractivity (Wildman–Crippen MR) is 65.3 cm³/mol. The number of fused-ring (bicyclic) bond motifs is 1. The maximum atomic E-state index is 11.7. The monoisotopic (exact) mass is 218 g/mol. The number of hydrogen-bond acceptors (Lipinski definition) is 4. The van der Waals surface area contributed by atoms with Gasteiger partial charge >= 0.3 is 0 Å². The van der Waals surface area contributed by atoms with Gasteiger partial charge in [0.2, 0.25) is 0 Å². The van der Waals surface area contributed by atoms with E-state index in [-0.39, 0.29) is 11.5 Å². The van der Waals surface area contributed by atoms with E-state index in [9.17, 15) is 4.79 Å². The lowest BCUT2D eigenvalue weighted by Gasteiger charge is -2.07. The summed E-state index contributed by atoms with van der Waals surface area (Å²) in [6.45, 7) is 3.84. The molecule has 0 saturated carbocycles. The summed E-state index contributed by atoms with van der Waals surface area (Å²) >= 11 is 0. The molecule has 0 fully saturated rings. The van der Waals surface area contributed by atoms with E-state index in [1.807, 2.05) is 13.8 Å². The third-order valence-electron chi connectivity index (χ3n) is 2.47. The van der Waals surface area contributed by atoms with Crippen LogP contribution in [0.25, 0.3) is 11.0 Å². The summed E-state index contributed by atoms with van der Waals surface area (Å²) in [6, 6.07) is 3.30. The number of anilines is 2. The molecule has 84 valence electrons. The van der Waals surface area contributed by atoms with Gasteiger partial charge < -0.3 is 16.5 Å². The Balaban J connectivity index is 2.80. The van der Waals surface area contributed by atoms with Gasteiger partial charge in [0, 0.05) is 5.92 Å². The van der Waals surface area contributed by atoms with E-state index < -0.39 is 0 Å². The van der Waals surface area contributed by atoms with Gasteiger partial charge in [0.1, 0.15) is 5.69 Å². The molecule has 1 aromatic heterocycles. The zero-order valence-electron chi connectivity index (χ0n) is 9.24. The number of H-pyrrole nitrogens is 1. The number of nitrogens with two attached hydrogens (primary N) is 2. The van der Waals surface area contributed by atoms with E-state index in [2.05, 4.69) is 9.97 Å². The maximum absolute atomic E-state index is 11.7. The molecular weight excluding hydrogens is 204 g/mol. The Hall–Kier alpha value is -2.04. The highest BCUT2D eigenvalue weighted by Crippen LogP contribution is 2.21. The van der Waals surface area contributed by atoms with E-state index in [1.165, 1.54) is 0 Å². The van der Waals surface area contributed by atoms with E-state index in [0.717, 1.165) is 0 Å². The Morgan fingerprint density at radius 2 is 1.88 bits per heavy atom. The van der Waals surface area contributed by atoms with Crippen molar-refractivity contribution in [2.24, 2.45) is 0 Å². The molecule has 0 aliphatic carbocycles. The normalized spacial score (nSPS) is 11.2. The zero-order valence-corrected chi connectivity index (χ0v) is 9.24. The average Bonchev–Trinajstić information content (AvgIpc) is 2.19. The smallest absolute Gasteiger partial charge is 0.270 e. The number of nitrogen functional groups attached to an aromatic ring is 2. The molecule has 2 aromatic rings. The van der Waals surface area contributed by atoms with Gasteiger partial charge in [-0.25, -0.2) is 4.98 Å². The van der Waals surface area contributed by atoms with Gasteiger partial charge in [0.15, 0.2) is 0 Å². The first kappa shape index (κ1) is 10.5. The van der Waals surface area contributed by atoms with Crippen molar-refractivity contribution in [1.82, 2.24) is 9.97 Å². The van der Waals surface area contributed by atoms with Gasteiger partial charge in [0.25, 0.3) is 5.56 Å². The molecule has 1 aromatic carbocycles. The third-order valence-corrected chi connectivity index (χ3v) is 2.47. The zero-order chi connectivity index (χ0) is 11.9. The molecule has 0 amide bonds. The average molecular weight is 218 g/mol. The van der Waals surface area contributed by atoms with E-state index in [4.69, 9.17) is 11.5 Å². The van der Waals surface area contributed by atoms with Crippen molar-refractivity contribution < 1.29 is 0 Å². The second-order valence-corrected chi connectivity index (χ2v) is 4.10. The van der Waals surface area contributed by atoms with Gasteiger partial charge in [-0.15, -0.1) is 0 Å². The summed E-state index contributed by atoms with van der Waals surface area (Å²) in [7, 11) is 0. The molecule has 5 nitrogen and oxygen atoms in total. The largest absolute Gasteiger partial charge is 0.397 e. The number of aromatic amines is 1. The van der Waals surface area contributed by atoms with Crippen LogP contribution in [0.4, 0.5) is 11.4 Å². The van der Waals surface area contributed by atoms with Crippen LogP contribution >= 0.6 is 0 Å². The molecule has 1 heterocycles. The number of nitrogens with zero attached hydrogens (tertiary/aromatic N) is 1. The Morgan fingerprint density at radius 3 is 2.50 bits per heavy atom. The second-order valence-electron chi connectivity index (χ2n) is 4.10. The number of rotatable bonds is 1. The van der Waals surface area contributed by atoms with Gasteiger partial charge in [-0.3, -0.25) is 4.79 Å². The van der Waals surface area contributed by atoms with Crippen LogP contribution in [0.3, 0.4) is 0 Å². The molecule has 0 atom stereocenters. The summed E-state index contributed by atoms with van der Waals surface area (Å²) in [5, 5.41) is 0. The summed E-state index contributed by atoms with van der Waals surface area (Å²) in [5.41, 5.74) is 13.9. The number of hydrogen-bond donors (Lipinski definition) is 3. The van der Waals surface area contributed by atoms with Crippen molar-refractivity contribution in [2.45, 2.75) is 19.8 Å². The van der Waals surface area contributed by atoms with Crippen LogP contribution in [0, 0.1) is 0 Å². The first-order valence-electron chi connectivity index (χ1n) is 5.08. The molecule has 0 spiro atoms. The lowest BCUT2D eigenvalue weighted by Crippen LogP contribution is -2.16. The van der Waals surface area contributed by atoms with E-state index in [1.54, 1.807) is 12.1 Å². The van der Waals surface area contributed by atoms with Crippen molar-refractivity contribution in [3.05, 3.63) is 28.2 Å². The van der Waals surface area contributed by atoms with Crippen LogP contribution in [0.5, 0.6) is 0 Å². The number of benzene rings is 1. The minimum atomic E-state index is -0.174. The topological polar surface area (TPSA) is 97.8 Å². The van der Waals surface area contributed by atoms with Crippen LogP contribution in [0.2, 0.25) is 0 Å². The summed E-state index contributed by atoms with van der Waals surface area (Å²) in [6.07, 6.45) is 0. The minimum absolute atomic E-state index is 0.0759. The second kappa shape index (κ2) is 3.52. The van der Waals surface area contributed by atoms with Gasteiger partial charge in [-0.1, -0.05) is 13.8 Å². The lowest BCUT2D eigenvalue weighted by molar-refractivity contribution is 0.807. The summed E-state index contributed by atoms with van der Waals surface area (Å²) < 4.78 is 0. The molecule has 0 radical (unpaired) electrons. The molecule has 16 heavy (non-hydrogen) atoms. The predicted octanol–water partition coefficient (Wildman–Crippen LogP) is 1.21. The lowest BCUT2D eigenvalue weighted by atomic mass is 10.1. The van der Waals surface area contributed by atoms with Gasteiger partial charge in [-0.05, 0) is 12.1 Å². The molecule has 2 rings (SSSR count). The Kier molecular flexibility index (Phi) is 2.30. The van der Waals surface area contributed by atoms with Crippen LogP contribution in [0.1, 0.15) is 25.5 Å². The van der Waals surface area contributed by atoms with Crippen molar-refractivity contribution in [3.8, 4) is 0 Å². The Labute approximate surface area is 92.5 Å². The Morgan fingerprint density at radius 1 is 1.25 bits per heavy atom. The van der Waals surface area contributed by atoms with E-state index in [0.29, 0.717) is 28.1 Å². The molecule has 0 aliphatic heterocycles. The van der Waals surface area contributed by atoms with Crippen molar-refractivity contribution >= 4 is 22.4 Å². The van der Waals surface area contributed by atoms with Crippen molar-refractivity contribution in [3.63, 3.8) is 0 Å². The van der Waals surface area contributed by atoms with Gasteiger partial charge in [0.05, 0.1) is 22.4 Å². The van der Waals surface area contributed by atoms with Crippen molar-refractivity contribution in [1.29, 1.82) is 0 Å². The fraction of sp³-hybridized carbons (Fsp3) is 0.273. The molecule has 5 heteroatoms. The first-order chi connectivity index (χ1) is 7.49. The molecule has 0 saturated heterocycles. The van der Waals surface area contributed by atoms with E-state index >= 15 is 0 Å². The molecule has 0 aliphatic rings. The SMILES string of the molecule is CC(C)c1nc2cc(N)c(N)cc2[nH]c1=O. The quantitative estimate of drug-likeness (QED) is 0.626. The fourth-order valence-electron chi connectivity index (χ4n) is 1.57. The molecular formula is C11H14N4O. The number of aromatic nitrogens is 2. The molecule has 0 unspecified atom stereocenters. The minimum Gasteiger partial charge on any atom is -0.397 e. The summed E-state index contributed by atoms with van der Waals surface area (Å²) in [4.78, 5) is 18.7. The first-order valence-corrected chi connectivity index (χ1v) is 5.08. The highest BCUT2D eigenvalue weighted by Gasteiger charge is 2.09. The standard InChI is InChI=1S/C11H14N4O/c1-5(2)10-11(16)15-9-4-7(13)6(12)3-8(9)14-10/h3-5H,12-13H2,1-2H3,(H,15,16). The highest BCUT2D eigenvalue weighted by atomic mass is 16.1. The van der Waals surface area contributed by atoms with Gasteiger partial charge in [-0.2, -0.15) is 0 Å². The maximum Gasteiger partial charge on any atom is 0.270 e. The van der Waals surface area contributed by atoms with Crippen LogP contribution in [-0.2, 0) is 0 Å². The molecule has 0 bridgehead atoms. The van der Waals surface area contributed by atoms with Crippen LogP contribution in [-0.4, -0.2) is 9.97 Å². The molecule has 5 N–H and O–H groups in total.